The van der Waals surface area contributed by atoms with Gasteiger partial charge in [0.2, 0.25) is 0 Å². The number of nitrogens with zero attached hydrogens (tertiary/aromatic N) is 1. The molecule has 19 heavy (non-hydrogen) atoms. The zero-order chi connectivity index (χ0) is 13.5. The largest absolute Gasteiger partial charge is 0.490 e. The molecule has 0 fully saturated rings. The van der Waals surface area contributed by atoms with Crippen LogP contribution in [0.5, 0.6) is 11.5 Å². The summed E-state index contributed by atoms with van der Waals surface area (Å²) in [6, 6.07) is 17.0. The number of hydrogen-bond donors (Lipinski definition) is 0. The Kier molecular flexibility index (Phi) is 4.41. The number of aryl methyl sites for hydroxylation is 1. The van der Waals surface area contributed by atoms with E-state index in [0.29, 0.717) is 24.5 Å². The number of hydrogen-bond acceptors (Lipinski definition) is 3. The first kappa shape index (κ1) is 13.0. The predicted molar refractivity (Wildman–Crippen MR) is 73.3 cm³/mol. The van der Waals surface area contributed by atoms with E-state index in [-0.39, 0.29) is 0 Å². The van der Waals surface area contributed by atoms with E-state index in [0.717, 1.165) is 11.3 Å². The Morgan fingerprint density at radius 3 is 2.58 bits per heavy atom. The van der Waals surface area contributed by atoms with Gasteiger partial charge in [0, 0.05) is 0 Å². The minimum atomic E-state index is 0.448. The van der Waals surface area contributed by atoms with Crippen molar-refractivity contribution in [2.75, 3.05) is 13.2 Å². The third-order valence-electron chi connectivity index (χ3n) is 2.67. The fraction of sp³-hybridized carbons (Fsp3) is 0.188. The van der Waals surface area contributed by atoms with Crippen molar-refractivity contribution in [2.24, 2.45) is 0 Å². The smallest absolute Gasteiger partial charge is 0.122 e. The Morgan fingerprint density at radius 1 is 1.00 bits per heavy atom. The molecule has 0 heterocycles. The van der Waals surface area contributed by atoms with Gasteiger partial charge in [0.1, 0.15) is 24.7 Å². The molecule has 2 aromatic carbocycles. The molecule has 0 aromatic heterocycles. The molecule has 0 aliphatic carbocycles. The van der Waals surface area contributed by atoms with Crippen LogP contribution in [0.15, 0.2) is 48.5 Å². The van der Waals surface area contributed by atoms with Crippen LogP contribution in [0.2, 0.25) is 0 Å². The summed E-state index contributed by atoms with van der Waals surface area (Å²) in [6.45, 7) is 2.93. The lowest BCUT2D eigenvalue weighted by atomic mass is 10.2. The second-order valence-electron chi connectivity index (χ2n) is 4.10. The lowest BCUT2D eigenvalue weighted by Crippen LogP contribution is -2.09. The van der Waals surface area contributed by atoms with Crippen molar-refractivity contribution < 1.29 is 9.47 Å². The van der Waals surface area contributed by atoms with Crippen molar-refractivity contribution in [1.82, 2.24) is 0 Å². The Bertz CT molecular complexity index is 587. The molecule has 0 N–H and O–H groups in total. The van der Waals surface area contributed by atoms with Crippen LogP contribution >= 0.6 is 0 Å². The minimum absolute atomic E-state index is 0.448. The molecule has 3 heteroatoms. The van der Waals surface area contributed by atoms with Gasteiger partial charge < -0.3 is 9.47 Å². The number of ether oxygens (including phenoxy) is 2. The van der Waals surface area contributed by atoms with Crippen molar-refractivity contribution in [2.45, 2.75) is 6.92 Å². The summed E-state index contributed by atoms with van der Waals surface area (Å²) in [5, 5.41) is 8.78. The van der Waals surface area contributed by atoms with Crippen LogP contribution in [0.3, 0.4) is 0 Å². The molecule has 96 valence electrons. The second kappa shape index (κ2) is 6.46. The van der Waals surface area contributed by atoms with Gasteiger partial charge in [-0.2, -0.15) is 5.26 Å². The maximum Gasteiger partial charge on any atom is 0.122 e. The molecule has 0 radical (unpaired) electrons. The lowest BCUT2D eigenvalue weighted by molar-refractivity contribution is 0.216. The fourth-order valence-electron chi connectivity index (χ4n) is 1.68. The van der Waals surface area contributed by atoms with Crippen LogP contribution in [0, 0.1) is 18.3 Å². The summed E-state index contributed by atoms with van der Waals surface area (Å²) >= 11 is 0. The van der Waals surface area contributed by atoms with E-state index in [1.54, 1.807) is 18.2 Å². The van der Waals surface area contributed by atoms with E-state index < -0.39 is 0 Å². The molecule has 2 aromatic rings. The van der Waals surface area contributed by atoms with Gasteiger partial charge >= 0.3 is 0 Å². The normalized spacial score (nSPS) is 9.68. The number of benzene rings is 2. The predicted octanol–water partition coefficient (Wildman–Crippen LogP) is 3.32. The van der Waals surface area contributed by atoms with Crippen molar-refractivity contribution in [3.05, 3.63) is 59.7 Å². The summed E-state index contributed by atoms with van der Waals surface area (Å²) in [5.41, 5.74) is 1.70. The molecule has 0 saturated carbocycles. The molecular formula is C16H15NO2. The summed E-state index contributed by atoms with van der Waals surface area (Å²) < 4.78 is 11.2. The molecule has 0 saturated heterocycles. The van der Waals surface area contributed by atoms with Crippen LogP contribution in [-0.2, 0) is 0 Å². The van der Waals surface area contributed by atoms with Crippen molar-refractivity contribution in [3.8, 4) is 17.6 Å². The van der Waals surface area contributed by atoms with Gasteiger partial charge in [-0.3, -0.25) is 0 Å². The molecule has 0 atom stereocenters. The standard InChI is InChI=1S/C16H15NO2/c1-13-5-2-3-8-16(13)19-10-9-18-15-7-4-6-14(11-15)12-17/h2-8,11H,9-10H2,1H3. The second-order valence-corrected chi connectivity index (χ2v) is 4.10. The highest BCUT2D eigenvalue weighted by Crippen LogP contribution is 2.16. The van der Waals surface area contributed by atoms with Crippen LogP contribution in [0.4, 0.5) is 0 Å². The van der Waals surface area contributed by atoms with Gasteiger partial charge in [-0.25, -0.2) is 0 Å². The summed E-state index contributed by atoms with van der Waals surface area (Å²) in [6.07, 6.45) is 0. The maximum absolute atomic E-state index is 8.78. The Balaban J connectivity index is 1.81. The number of nitriles is 1. The molecule has 2 rings (SSSR count). The molecular weight excluding hydrogens is 238 g/mol. The molecule has 0 aliphatic heterocycles. The third kappa shape index (κ3) is 3.75. The van der Waals surface area contributed by atoms with Crippen LogP contribution in [-0.4, -0.2) is 13.2 Å². The topological polar surface area (TPSA) is 42.2 Å². The Hall–Kier alpha value is -2.47. The fourth-order valence-corrected chi connectivity index (χ4v) is 1.68. The van der Waals surface area contributed by atoms with E-state index in [1.165, 1.54) is 0 Å². The maximum atomic E-state index is 8.78. The number of rotatable bonds is 5. The first-order valence-electron chi connectivity index (χ1n) is 6.11. The van der Waals surface area contributed by atoms with Crippen LogP contribution < -0.4 is 9.47 Å². The Morgan fingerprint density at radius 2 is 1.79 bits per heavy atom. The van der Waals surface area contributed by atoms with E-state index in [4.69, 9.17) is 14.7 Å². The summed E-state index contributed by atoms with van der Waals surface area (Å²) in [4.78, 5) is 0. The van der Waals surface area contributed by atoms with Gasteiger partial charge in [0.15, 0.2) is 0 Å². The van der Waals surface area contributed by atoms with Gasteiger partial charge in [0.25, 0.3) is 0 Å². The van der Waals surface area contributed by atoms with E-state index in [9.17, 15) is 0 Å². The quantitative estimate of drug-likeness (QED) is 0.767. The Labute approximate surface area is 113 Å². The number of para-hydroxylation sites is 1. The molecule has 0 amide bonds. The van der Waals surface area contributed by atoms with Gasteiger partial charge in [-0.15, -0.1) is 0 Å². The average Bonchev–Trinajstić information content (AvgIpc) is 2.45. The van der Waals surface area contributed by atoms with Crippen molar-refractivity contribution >= 4 is 0 Å². The lowest BCUT2D eigenvalue weighted by Gasteiger charge is -2.10. The monoisotopic (exact) mass is 253 g/mol. The van der Waals surface area contributed by atoms with E-state index in [1.807, 2.05) is 37.3 Å². The minimum Gasteiger partial charge on any atom is -0.490 e. The molecule has 0 spiro atoms. The highest BCUT2D eigenvalue weighted by molar-refractivity contribution is 5.36. The van der Waals surface area contributed by atoms with E-state index >= 15 is 0 Å². The zero-order valence-corrected chi connectivity index (χ0v) is 10.8. The van der Waals surface area contributed by atoms with Gasteiger partial charge in [-0.05, 0) is 36.8 Å². The zero-order valence-electron chi connectivity index (χ0n) is 10.8. The first-order valence-corrected chi connectivity index (χ1v) is 6.11. The SMILES string of the molecule is Cc1ccccc1OCCOc1cccc(C#N)c1. The van der Waals surface area contributed by atoms with Gasteiger partial charge in [-0.1, -0.05) is 24.3 Å². The average molecular weight is 253 g/mol. The van der Waals surface area contributed by atoms with Crippen molar-refractivity contribution in [1.29, 1.82) is 5.26 Å². The van der Waals surface area contributed by atoms with Gasteiger partial charge in [0.05, 0.1) is 11.6 Å². The molecule has 0 aliphatic rings. The third-order valence-corrected chi connectivity index (χ3v) is 2.67. The van der Waals surface area contributed by atoms with Crippen LogP contribution in [0.1, 0.15) is 11.1 Å². The van der Waals surface area contributed by atoms with E-state index in [2.05, 4.69) is 6.07 Å². The summed E-state index contributed by atoms with van der Waals surface area (Å²) in [5.74, 6) is 1.56. The highest BCUT2D eigenvalue weighted by atomic mass is 16.5. The first-order chi connectivity index (χ1) is 9.29. The summed E-state index contributed by atoms with van der Waals surface area (Å²) in [7, 11) is 0. The van der Waals surface area contributed by atoms with Crippen LogP contribution in [0.25, 0.3) is 0 Å². The molecule has 3 nitrogen and oxygen atoms in total. The molecule has 0 unspecified atom stereocenters. The van der Waals surface area contributed by atoms with Crippen molar-refractivity contribution in [3.63, 3.8) is 0 Å². The highest BCUT2D eigenvalue weighted by Gasteiger charge is 1.99. The molecule has 0 bridgehead atoms.